The third-order valence-electron chi connectivity index (χ3n) is 3.08. The number of primary amides is 1. The van der Waals surface area contributed by atoms with E-state index in [2.05, 4.69) is 25.9 Å². The maximum atomic E-state index is 12.1. The van der Waals surface area contributed by atoms with Crippen molar-refractivity contribution in [1.82, 2.24) is 9.97 Å². The Kier molecular flexibility index (Phi) is 6.06. The number of ether oxygens (including phenoxy) is 2. The minimum atomic E-state index is -0.630. The number of aromatic nitrogens is 2. The lowest BCUT2D eigenvalue weighted by atomic mass is 10.1. The Morgan fingerprint density at radius 2 is 2.20 bits per heavy atom. The summed E-state index contributed by atoms with van der Waals surface area (Å²) in [5, 5.41) is 9.68. The van der Waals surface area contributed by atoms with Crippen LogP contribution in [0.1, 0.15) is 5.56 Å². The molecule has 3 N–H and O–H groups in total. The summed E-state index contributed by atoms with van der Waals surface area (Å²) in [7, 11) is 1.42. The standard InChI is InChI=1S/C15H13BrN4O4S/c1-23-10-3-7(9(16)4-11(10)24-6-12(18)21)13-8(5-17)14(22)20-15(19-13)25-2/h3-4H,6H2,1-2H3,(H2,18,21)(H,19,20,22). The van der Waals surface area contributed by atoms with E-state index in [1.807, 2.05) is 6.07 Å². The van der Waals surface area contributed by atoms with Gasteiger partial charge < -0.3 is 20.2 Å². The number of thioether (sulfide) groups is 1. The largest absolute Gasteiger partial charge is 0.493 e. The van der Waals surface area contributed by atoms with E-state index in [0.29, 0.717) is 20.9 Å². The van der Waals surface area contributed by atoms with Gasteiger partial charge in [0.1, 0.15) is 11.6 Å². The molecule has 1 aromatic heterocycles. The summed E-state index contributed by atoms with van der Waals surface area (Å²) in [6.07, 6.45) is 1.75. The van der Waals surface area contributed by atoms with Crippen LogP contribution in [0.2, 0.25) is 0 Å². The molecule has 0 aliphatic heterocycles. The highest BCUT2D eigenvalue weighted by Gasteiger charge is 2.19. The first-order valence-electron chi connectivity index (χ1n) is 6.78. The van der Waals surface area contributed by atoms with Gasteiger partial charge >= 0.3 is 0 Å². The Balaban J connectivity index is 2.65. The number of H-pyrrole nitrogens is 1. The fourth-order valence-electron chi connectivity index (χ4n) is 1.99. The number of hydrogen-bond acceptors (Lipinski definition) is 7. The average Bonchev–Trinajstić information content (AvgIpc) is 2.59. The molecule has 0 fully saturated rings. The number of carbonyl (C=O) groups excluding carboxylic acids is 1. The van der Waals surface area contributed by atoms with Crippen molar-refractivity contribution in [3.05, 3.63) is 32.5 Å². The van der Waals surface area contributed by atoms with Crippen LogP contribution in [0.15, 0.2) is 26.6 Å². The lowest BCUT2D eigenvalue weighted by Gasteiger charge is -2.14. The Morgan fingerprint density at radius 1 is 1.48 bits per heavy atom. The van der Waals surface area contributed by atoms with Crippen LogP contribution in [-0.4, -0.2) is 35.8 Å². The molecule has 130 valence electrons. The fraction of sp³-hybridized carbons (Fsp3) is 0.200. The van der Waals surface area contributed by atoms with E-state index in [9.17, 15) is 14.9 Å². The van der Waals surface area contributed by atoms with Crippen LogP contribution in [0.4, 0.5) is 0 Å². The lowest BCUT2D eigenvalue weighted by Crippen LogP contribution is -2.20. The van der Waals surface area contributed by atoms with Gasteiger partial charge in [0.25, 0.3) is 11.5 Å². The molecule has 0 bridgehead atoms. The van der Waals surface area contributed by atoms with Gasteiger partial charge in [-0.3, -0.25) is 9.59 Å². The second-order valence-electron chi connectivity index (χ2n) is 4.65. The number of benzene rings is 1. The van der Waals surface area contributed by atoms with Gasteiger partial charge in [-0.1, -0.05) is 11.8 Å². The van der Waals surface area contributed by atoms with Crippen molar-refractivity contribution in [1.29, 1.82) is 5.26 Å². The average molecular weight is 425 g/mol. The van der Waals surface area contributed by atoms with E-state index in [4.69, 9.17) is 15.2 Å². The number of nitrogens with two attached hydrogens (primary N) is 1. The van der Waals surface area contributed by atoms with Crippen molar-refractivity contribution in [3.8, 4) is 28.8 Å². The van der Waals surface area contributed by atoms with Crippen LogP contribution in [0.5, 0.6) is 11.5 Å². The van der Waals surface area contributed by atoms with E-state index in [1.165, 1.54) is 18.9 Å². The second-order valence-corrected chi connectivity index (χ2v) is 6.30. The number of nitrogens with zero attached hydrogens (tertiary/aromatic N) is 2. The molecule has 1 amide bonds. The maximum absolute atomic E-state index is 12.1. The van der Waals surface area contributed by atoms with Crippen molar-refractivity contribution >= 4 is 33.6 Å². The molecule has 0 saturated carbocycles. The van der Waals surface area contributed by atoms with Gasteiger partial charge in [0.15, 0.2) is 23.3 Å². The van der Waals surface area contributed by atoms with Gasteiger partial charge in [0.2, 0.25) is 0 Å². The number of rotatable bonds is 6. The van der Waals surface area contributed by atoms with Gasteiger partial charge in [0.05, 0.1) is 12.8 Å². The number of methoxy groups -OCH3 is 1. The quantitative estimate of drug-likeness (QED) is 0.532. The molecule has 2 rings (SSSR count). The zero-order valence-electron chi connectivity index (χ0n) is 13.3. The predicted molar refractivity (Wildman–Crippen MR) is 95.7 cm³/mol. The van der Waals surface area contributed by atoms with Crippen molar-refractivity contribution < 1.29 is 14.3 Å². The molecule has 0 radical (unpaired) electrons. The lowest BCUT2D eigenvalue weighted by molar-refractivity contribution is -0.119. The summed E-state index contributed by atoms with van der Waals surface area (Å²) >= 11 is 4.61. The predicted octanol–water partition coefficient (Wildman–Crippen LogP) is 1.67. The number of carbonyl (C=O) groups is 1. The summed E-state index contributed by atoms with van der Waals surface area (Å²) in [5.74, 6) is -0.0450. The zero-order valence-corrected chi connectivity index (χ0v) is 15.7. The molecule has 1 aromatic carbocycles. The first-order valence-corrected chi connectivity index (χ1v) is 8.80. The molecule has 2 aromatic rings. The highest BCUT2D eigenvalue weighted by molar-refractivity contribution is 9.10. The summed E-state index contributed by atoms with van der Waals surface area (Å²) < 4.78 is 11.1. The normalized spacial score (nSPS) is 10.2. The van der Waals surface area contributed by atoms with E-state index in [1.54, 1.807) is 18.4 Å². The molecule has 0 spiro atoms. The maximum Gasteiger partial charge on any atom is 0.270 e. The number of halogens is 1. The molecule has 8 nitrogen and oxygen atoms in total. The first kappa shape index (κ1) is 18.8. The molecule has 0 atom stereocenters. The first-order chi connectivity index (χ1) is 11.9. The summed E-state index contributed by atoms with van der Waals surface area (Å²) in [4.78, 5) is 29.8. The molecule has 0 saturated heterocycles. The van der Waals surface area contributed by atoms with Crippen molar-refractivity contribution in [2.45, 2.75) is 5.16 Å². The Hall–Kier alpha value is -2.51. The summed E-state index contributed by atoms with van der Waals surface area (Å²) in [5.41, 5.74) is 5.11. The SMILES string of the molecule is COc1cc(-c2nc(SC)[nH]c(=O)c2C#N)c(Br)cc1OCC(N)=O. The minimum Gasteiger partial charge on any atom is -0.493 e. The topological polar surface area (TPSA) is 131 Å². The van der Waals surface area contributed by atoms with E-state index < -0.39 is 11.5 Å². The number of nitrogens with one attached hydrogen (secondary N) is 1. The number of amides is 1. The molecular weight excluding hydrogens is 412 g/mol. The van der Waals surface area contributed by atoms with Crippen LogP contribution in [0.25, 0.3) is 11.3 Å². The van der Waals surface area contributed by atoms with E-state index >= 15 is 0 Å². The molecule has 0 unspecified atom stereocenters. The smallest absolute Gasteiger partial charge is 0.270 e. The van der Waals surface area contributed by atoms with E-state index in [0.717, 1.165) is 0 Å². The molecular formula is C15H13BrN4O4S. The highest BCUT2D eigenvalue weighted by Crippen LogP contribution is 2.38. The van der Waals surface area contributed by atoms with Gasteiger partial charge in [0, 0.05) is 10.0 Å². The van der Waals surface area contributed by atoms with Crippen LogP contribution in [-0.2, 0) is 4.79 Å². The van der Waals surface area contributed by atoms with Crippen LogP contribution in [0.3, 0.4) is 0 Å². The number of hydrogen-bond donors (Lipinski definition) is 2. The summed E-state index contributed by atoms with van der Waals surface area (Å²) in [6.45, 7) is -0.314. The Labute approximate surface area is 155 Å². The van der Waals surface area contributed by atoms with E-state index in [-0.39, 0.29) is 23.6 Å². The molecule has 25 heavy (non-hydrogen) atoms. The van der Waals surface area contributed by atoms with Gasteiger partial charge in [-0.2, -0.15) is 5.26 Å². The third-order valence-corrected chi connectivity index (χ3v) is 4.32. The number of aromatic amines is 1. The molecule has 10 heteroatoms. The van der Waals surface area contributed by atoms with Crippen LogP contribution >= 0.6 is 27.7 Å². The van der Waals surface area contributed by atoms with Crippen molar-refractivity contribution in [2.24, 2.45) is 5.73 Å². The minimum absolute atomic E-state index is 0.119. The zero-order chi connectivity index (χ0) is 18.6. The second kappa shape index (κ2) is 8.04. The van der Waals surface area contributed by atoms with Gasteiger partial charge in [-0.05, 0) is 34.3 Å². The molecule has 0 aliphatic carbocycles. The van der Waals surface area contributed by atoms with Crippen LogP contribution < -0.4 is 20.8 Å². The molecule has 0 aliphatic rings. The molecule has 1 heterocycles. The number of nitriles is 1. The van der Waals surface area contributed by atoms with Crippen LogP contribution in [0, 0.1) is 11.3 Å². The fourth-order valence-corrected chi connectivity index (χ4v) is 2.87. The van der Waals surface area contributed by atoms with Crippen molar-refractivity contribution in [2.75, 3.05) is 20.0 Å². The summed E-state index contributed by atoms with van der Waals surface area (Å²) in [6, 6.07) is 4.98. The highest BCUT2D eigenvalue weighted by atomic mass is 79.9. The van der Waals surface area contributed by atoms with Gasteiger partial charge in [-0.15, -0.1) is 0 Å². The van der Waals surface area contributed by atoms with Crippen molar-refractivity contribution in [3.63, 3.8) is 0 Å². The Bertz CT molecular complexity index is 923. The third kappa shape index (κ3) is 4.12. The Morgan fingerprint density at radius 3 is 2.76 bits per heavy atom. The van der Waals surface area contributed by atoms with Gasteiger partial charge in [-0.25, -0.2) is 4.98 Å². The monoisotopic (exact) mass is 424 g/mol.